The van der Waals surface area contributed by atoms with E-state index in [1.54, 1.807) is 0 Å². The first kappa shape index (κ1) is 14.9. The number of hydrogen-bond donors (Lipinski definition) is 1. The number of carbonyl (C=O) groups excluding carboxylic acids is 1. The second-order valence-electron chi connectivity index (χ2n) is 7.38. The van der Waals surface area contributed by atoms with Gasteiger partial charge in [-0.2, -0.15) is 0 Å². The van der Waals surface area contributed by atoms with Gasteiger partial charge in [-0.3, -0.25) is 4.79 Å². The number of amides is 1. The van der Waals surface area contributed by atoms with E-state index in [2.05, 4.69) is 67.7 Å². The van der Waals surface area contributed by atoms with Crippen molar-refractivity contribution < 1.29 is 4.79 Å². The van der Waals surface area contributed by atoms with Crippen molar-refractivity contribution in [1.82, 2.24) is 9.72 Å². The molecule has 0 radical (unpaired) electrons. The van der Waals surface area contributed by atoms with E-state index < -0.39 is 0 Å². The van der Waals surface area contributed by atoms with E-state index in [4.69, 9.17) is 0 Å². The minimum Gasteiger partial charge on any atom is -0.330 e. The molecule has 1 unspecified atom stereocenters. The third-order valence-corrected chi connectivity index (χ3v) is 4.46. The first-order valence-corrected chi connectivity index (χ1v) is 7.93. The molecule has 2 aromatic heterocycles. The van der Waals surface area contributed by atoms with Crippen LogP contribution in [0.1, 0.15) is 44.7 Å². The number of nitrogens with zero attached hydrogens (tertiary/aromatic N) is 1. The van der Waals surface area contributed by atoms with Gasteiger partial charge in [0.15, 0.2) is 0 Å². The lowest BCUT2D eigenvalue weighted by molar-refractivity contribution is -0.125. The molecule has 116 valence electrons. The second kappa shape index (κ2) is 5.31. The molecule has 3 rings (SSSR count). The minimum atomic E-state index is 0.0602. The maximum Gasteiger partial charge on any atom is 0.227 e. The van der Waals surface area contributed by atoms with Crippen molar-refractivity contribution >= 4 is 11.4 Å². The van der Waals surface area contributed by atoms with Crippen LogP contribution >= 0.6 is 0 Å². The summed E-state index contributed by atoms with van der Waals surface area (Å²) in [5, 5.41) is 2.87. The summed E-state index contributed by atoms with van der Waals surface area (Å²) in [6.45, 7) is 10.5. The Balaban J connectivity index is 1.83. The molecule has 0 bridgehead atoms. The zero-order chi connectivity index (χ0) is 15.9. The number of rotatable bonds is 2. The van der Waals surface area contributed by atoms with Crippen molar-refractivity contribution in [2.45, 2.75) is 45.4 Å². The van der Waals surface area contributed by atoms with Crippen molar-refractivity contribution in [3.05, 3.63) is 54.0 Å². The predicted octanol–water partition coefficient (Wildman–Crippen LogP) is 3.82. The van der Waals surface area contributed by atoms with Gasteiger partial charge >= 0.3 is 0 Å². The number of fused-ring (bicyclic) bond motifs is 1. The van der Waals surface area contributed by atoms with Gasteiger partial charge in [-0.1, -0.05) is 33.4 Å². The first-order chi connectivity index (χ1) is 10.3. The van der Waals surface area contributed by atoms with Gasteiger partial charge in [0, 0.05) is 29.5 Å². The summed E-state index contributed by atoms with van der Waals surface area (Å²) in [5.41, 5.74) is 4.71. The highest BCUT2D eigenvalue weighted by molar-refractivity contribution is 5.81. The summed E-state index contributed by atoms with van der Waals surface area (Å²) in [5.74, 6) is 0.173. The smallest absolute Gasteiger partial charge is 0.227 e. The number of piperidine rings is 1. The van der Waals surface area contributed by atoms with Crippen LogP contribution in [0.25, 0.3) is 5.52 Å². The molecule has 0 aliphatic carbocycles. The lowest BCUT2D eigenvalue weighted by Gasteiger charge is -2.22. The van der Waals surface area contributed by atoms with Crippen molar-refractivity contribution in [3.8, 4) is 0 Å². The summed E-state index contributed by atoms with van der Waals surface area (Å²) in [7, 11) is 0. The summed E-state index contributed by atoms with van der Waals surface area (Å²) in [6.07, 6.45) is 6.93. The molecule has 3 nitrogen and oxygen atoms in total. The van der Waals surface area contributed by atoms with E-state index in [9.17, 15) is 4.79 Å². The SMILES string of the molecule is C=C1CCC(Cc2cc3ccc(C(C)(C)C)cn3c2)C(=O)N1. The third kappa shape index (κ3) is 2.94. The summed E-state index contributed by atoms with van der Waals surface area (Å²) in [4.78, 5) is 12.0. The first-order valence-electron chi connectivity index (χ1n) is 7.93. The average molecular weight is 296 g/mol. The largest absolute Gasteiger partial charge is 0.330 e. The van der Waals surface area contributed by atoms with Crippen molar-refractivity contribution in [3.63, 3.8) is 0 Å². The predicted molar refractivity (Wildman–Crippen MR) is 89.8 cm³/mol. The number of allylic oxidation sites excluding steroid dienone is 1. The fourth-order valence-electron chi connectivity index (χ4n) is 3.02. The molecule has 1 atom stereocenters. The molecule has 3 heterocycles. The molecular weight excluding hydrogens is 272 g/mol. The average Bonchev–Trinajstić information content (AvgIpc) is 2.82. The van der Waals surface area contributed by atoms with Gasteiger partial charge < -0.3 is 9.72 Å². The zero-order valence-electron chi connectivity index (χ0n) is 13.6. The molecule has 1 fully saturated rings. The van der Waals surface area contributed by atoms with Gasteiger partial charge in [-0.05, 0) is 47.9 Å². The topological polar surface area (TPSA) is 33.5 Å². The van der Waals surface area contributed by atoms with Gasteiger partial charge in [0.05, 0.1) is 0 Å². The van der Waals surface area contributed by atoms with Crippen LogP contribution in [0, 0.1) is 5.92 Å². The molecule has 1 saturated heterocycles. The molecule has 0 aromatic carbocycles. The summed E-state index contributed by atoms with van der Waals surface area (Å²) < 4.78 is 2.18. The van der Waals surface area contributed by atoms with E-state index in [1.807, 2.05) is 0 Å². The molecule has 1 N–H and O–H groups in total. The van der Waals surface area contributed by atoms with E-state index in [-0.39, 0.29) is 17.2 Å². The van der Waals surface area contributed by atoms with Crippen LogP contribution in [-0.2, 0) is 16.6 Å². The highest BCUT2D eigenvalue weighted by Crippen LogP contribution is 2.25. The zero-order valence-corrected chi connectivity index (χ0v) is 13.6. The fraction of sp³-hybridized carbons (Fsp3) is 0.421. The van der Waals surface area contributed by atoms with E-state index in [1.165, 1.54) is 16.6 Å². The normalized spacial score (nSPS) is 19.5. The van der Waals surface area contributed by atoms with E-state index in [0.29, 0.717) is 0 Å². The lowest BCUT2D eigenvalue weighted by Crippen LogP contribution is -2.35. The highest BCUT2D eigenvalue weighted by Gasteiger charge is 2.24. The van der Waals surface area contributed by atoms with Crippen molar-refractivity contribution in [2.24, 2.45) is 5.92 Å². The Bertz CT molecular complexity index is 733. The summed E-state index contributed by atoms with van der Waals surface area (Å²) in [6, 6.07) is 6.53. The van der Waals surface area contributed by atoms with Crippen LogP contribution < -0.4 is 5.32 Å². The van der Waals surface area contributed by atoms with Crippen LogP contribution in [0.5, 0.6) is 0 Å². The van der Waals surface area contributed by atoms with Crippen LogP contribution in [0.4, 0.5) is 0 Å². The molecule has 0 saturated carbocycles. The Morgan fingerprint density at radius 3 is 2.77 bits per heavy atom. The molecular formula is C19H24N2O. The van der Waals surface area contributed by atoms with Crippen LogP contribution in [0.2, 0.25) is 0 Å². The number of aromatic nitrogens is 1. The van der Waals surface area contributed by atoms with Gasteiger partial charge in [-0.15, -0.1) is 0 Å². The van der Waals surface area contributed by atoms with Crippen LogP contribution in [0.15, 0.2) is 42.9 Å². The Labute approximate surface area is 132 Å². The van der Waals surface area contributed by atoms with Crippen molar-refractivity contribution in [1.29, 1.82) is 0 Å². The molecule has 0 spiro atoms. The Hall–Kier alpha value is -2.03. The maximum atomic E-state index is 12.0. The van der Waals surface area contributed by atoms with Crippen LogP contribution in [-0.4, -0.2) is 10.3 Å². The molecule has 1 aliphatic heterocycles. The number of hydrogen-bond acceptors (Lipinski definition) is 1. The highest BCUT2D eigenvalue weighted by atomic mass is 16.1. The van der Waals surface area contributed by atoms with Gasteiger partial charge in [-0.25, -0.2) is 0 Å². The summed E-state index contributed by atoms with van der Waals surface area (Å²) >= 11 is 0. The number of nitrogens with one attached hydrogen (secondary N) is 1. The minimum absolute atomic E-state index is 0.0602. The fourth-order valence-corrected chi connectivity index (χ4v) is 3.02. The molecule has 2 aromatic rings. The molecule has 1 aliphatic rings. The lowest BCUT2D eigenvalue weighted by atomic mass is 9.88. The van der Waals surface area contributed by atoms with Gasteiger partial charge in [0.1, 0.15) is 0 Å². The standard InChI is InChI=1S/C19H24N2O/c1-13-5-6-15(18(22)20-13)9-14-10-17-8-7-16(19(2,3)4)12-21(17)11-14/h7-8,10-12,15H,1,5-6,9H2,2-4H3,(H,20,22). The third-order valence-electron chi connectivity index (χ3n) is 4.46. The number of pyridine rings is 1. The van der Waals surface area contributed by atoms with Crippen molar-refractivity contribution in [2.75, 3.05) is 0 Å². The maximum absolute atomic E-state index is 12.0. The Morgan fingerprint density at radius 1 is 1.32 bits per heavy atom. The molecule has 1 amide bonds. The van der Waals surface area contributed by atoms with Gasteiger partial charge in [0.2, 0.25) is 5.91 Å². The van der Waals surface area contributed by atoms with E-state index in [0.717, 1.165) is 25.0 Å². The van der Waals surface area contributed by atoms with Gasteiger partial charge in [0.25, 0.3) is 0 Å². The molecule has 22 heavy (non-hydrogen) atoms. The monoisotopic (exact) mass is 296 g/mol. The Kier molecular flexibility index (Phi) is 3.59. The van der Waals surface area contributed by atoms with Crippen LogP contribution in [0.3, 0.4) is 0 Å². The molecule has 3 heteroatoms. The van der Waals surface area contributed by atoms with E-state index >= 15 is 0 Å². The Morgan fingerprint density at radius 2 is 2.09 bits per heavy atom. The second-order valence-corrected chi connectivity index (χ2v) is 7.38. The quantitative estimate of drug-likeness (QED) is 0.898. The number of carbonyl (C=O) groups is 1.